The molecule has 0 amide bonds. The number of methoxy groups -OCH3 is 1. The van der Waals surface area contributed by atoms with Crippen molar-refractivity contribution in [1.29, 1.82) is 0 Å². The summed E-state index contributed by atoms with van der Waals surface area (Å²) in [4.78, 5) is 10.6. The molecule has 1 atom stereocenters. The number of rotatable bonds is 6. The molecule has 1 aromatic carbocycles. The van der Waals surface area contributed by atoms with Gasteiger partial charge in [-0.2, -0.15) is 0 Å². The number of hydrogen-bond donors (Lipinski definition) is 1. The van der Waals surface area contributed by atoms with Crippen LogP contribution in [0.2, 0.25) is 0 Å². The third kappa shape index (κ3) is 3.56. The molecule has 0 spiro atoms. The molecule has 0 aliphatic carbocycles. The van der Waals surface area contributed by atoms with Gasteiger partial charge >= 0.3 is 5.97 Å². The Kier molecular flexibility index (Phi) is 4.52. The molecule has 1 heterocycles. The molecule has 6 nitrogen and oxygen atoms in total. The predicted molar refractivity (Wildman–Crippen MR) is 71.4 cm³/mol. The second kappa shape index (κ2) is 6.34. The van der Waals surface area contributed by atoms with Crippen molar-refractivity contribution in [3.05, 3.63) is 29.9 Å². The molecule has 2 aromatic rings. The zero-order valence-corrected chi connectivity index (χ0v) is 11.7. The van der Waals surface area contributed by atoms with E-state index in [4.69, 9.17) is 14.3 Å². The Morgan fingerprint density at radius 2 is 2.24 bits per heavy atom. The minimum atomic E-state index is -0.891. The van der Waals surface area contributed by atoms with E-state index in [1.54, 1.807) is 13.0 Å². The lowest BCUT2D eigenvalue weighted by Gasteiger charge is -2.06. The van der Waals surface area contributed by atoms with Crippen molar-refractivity contribution in [2.75, 3.05) is 7.11 Å². The summed E-state index contributed by atoms with van der Waals surface area (Å²) < 4.78 is 24.4. The molecule has 112 valence electrons. The molecule has 21 heavy (non-hydrogen) atoms. The van der Waals surface area contributed by atoms with Crippen LogP contribution in [0.5, 0.6) is 5.75 Å². The monoisotopic (exact) mass is 294 g/mol. The van der Waals surface area contributed by atoms with Gasteiger partial charge in [0.2, 0.25) is 5.89 Å². The number of carboxylic acid groups (broad SMARTS) is 1. The second-order valence-corrected chi connectivity index (χ2v) is 4.73. The van der Waals surface area contributed by atoms with Crippen LogP contribution in [0.15, 0.2) is 22.6 Å². The maximum Gasteiger partial charge on any atom is 0.303 e. The highest BCUT2D eigenvalue weighted by Crippen LogP contribution is 2.31. The number of carboxylic acids is 1. The summed E-state index contributed by atoms with van der Waals surface area (Å²) >= 11 is 0. The Morgan fingerprint density at radius 1 is 1.48 bits per heavy atom. The summed E-state index contributed by atoms with van der Waals surface area (Å²) in [6, 6.07) is 4.38. The number of aliphatic carboxylic acids is 1. The van der Waals surface area contributed by atoms with Gasteiger partial charge in [-0.05, 0) is 18.1 Å². The summed E-state index contributed by atoms with van der Waals surface area (Å²) in [5.41, 5.74) is 0.102. The summed E-state index contributed by atoms with van der Waals surface area (Å²) in [5, 5.41) is 16.3. The van der Waals surface area contributed by atoms with Crippen LogP contribution in [0.3, 0.4) is 0 Å². The number of carbonyl (C=O) groups is 1. The first-order valence-electron chi connectivity index (χ1n) is 6.38. The fourth-order valence-corrected chi connectivity index (χ4v) is 1.99. The van der Waals surface area contributed by atoms with Crippen LogP contribution in [-0.2, 0) is 11.2 Å². The Morgan fingerprint density at radius 3 is 2.90 bits per heavy atom. The van der Waals surface area contributed by atoms with Gasteiger partial charge < -0.3 is 14.3 Å². The zero-order valence-electron chi connectivity index (χ0n) is 11.7. The Hall–Kier alpha value is -2.44. The summed E-state index contributed by atoms with van der Waals surface area (Å²) in [6.45, 7) is 1.77. The van der Waals surface area contributed by atoms with Gasteiger partial charge in [0.15, 0.2) is 0 Å². The van der Waals surface area contributed by atoms with E-state index in [1.807, 2.05) is 0 Å². The SMILES string of the molecule is COc1cccc(F)c1-c1nnc(CC(C)CC(=O)O)o1. The number of aromatic nitrogens is 2. The van der Waals surface area contributed by atoms with Gasteiger partial charge in [0.25, 0.3) is 5.89 Å². The maximum atomic E-state index is 13.9. The molecule has 1 aromatic heterocycles. The molecule has 0 aliphatic rings. The van der Waals surface area contributed by atoms with Crippen LogP contribution < -0.4 is 4.74 Å². The highest BCUT2D eigenvalue weighted by molar-refractivity contribution is 5.67. The predicted octanol–water partition coefficient (Wildman–Crippen LogP) is 2.54. The first kappa shape index (κ1) is 15.0. The van der Waals surface area contributed by atoms with Gasteiger partial charge in [-0.3, -0.25) is 4.79 Å². The molecule has 0 fully saturated rings. The number of nitrogens with zero attached hydrogens (tertiary/aromatic N) is 2. The highest BCUT2D eigenvalue weighted by atomic mass is 19.1. The highest BCUT2D eigenvalue weighted by Gasteiger charge is 2.19. The number of hydrogen-bond acceptors (Lipinski definition) is 5. The van der Waals surface area contributed by atoms with E-state index in [9.17, 15) is 9.18 Å². The molecule has 0 saturated carbocycles. The van der Waals surface area contributed by atoms with Gasteiger partial charge in [0.1, 0.15) is 17.1 Å². The van der Waals surface area contributed by atoms with E-state index in [0.29, 0.717) is 12.2 Å². The lowest BCUT2D eigenvalue weighted by atomic mass is 10.0. The van der Waals surface area contributed by atoms with Crippen LogP contribution in [0.4, 0.5) is 4.39 Å². The van der Waals surface area contributed by atoms with Crippen molar-refractivity contribution in [2.45, 2.75) is 19.8 Å². The zero-order chi connectivity index (χ0) is 15.4. The van der Waals surface area contributed by atoms with E-state index in [1.165, 1.54) is 19.2 Å². The first-order valence-corrected chi connectivity index (χ1v) is 6.38. The fourth-order valence-electron chi connectivity index (χ4n) is 1.99. The van der Waals surface area contributed by atoms with Gasteiger partial charge in [-0.1, -0.05) is 13.0 Å². The van der Waals surface area contributed by atoms with Gasteiger partial charge in [0.05, 0.1) is 7.11 Å². The molecule has 0 aliphatic heterocycles. The minimum absolute atomic E-state index is 0.000727. The van der Waals surface area contributed by atoms with Crippen molar-refractivity contribution in [1.82, 2.24) is 10.2 Å². The fraction of sp³-hybridized carbons (Fsp3) is 0.357. The lowest BCUT2D eigenvalue weighted by molar-refractivity contribution is -0.137. The minimum Gasteiger partial charge on any atom is -0.496 e. The van der Waals surface area contributed by atoms with Crippen molar-refractivity contribution in [3.63, 3.8) is 0 Å². The number of benzene rings is 1. The third-order valence-corrected chi connectivity index (χ3v) is 2.92. The smallest absolute Gasteiger partial charge is 0.303 e. The van der Waals surface area contributed by atoms with Crippen molar-refractivity contribution < 1.29 is 23.4 Å². The third-order valence-electron chi connectivity index (χ3n) is 2.92. The van der Waals surface area contributed by atoms with Crippen LogP contribution in [0.1, 0.15) is 19.2 Å². The molecule has 1 N–H and O–H groups in total. The average molecular weight is 294 g/mol. The van der Waals surface area contributed by atoms with Crippen molar-refractivity contribution >= 4 is 5.97 Å². The van der Waals surface area contributed by atoms with Crippen LogP contribution >= 0.6 is 0 Å². The number of halogens is 1. The average Bonchev–Trinajstić information content (AvgIpc) is 2.85. The molecule has 0 saturated heterocycles. The van der Waals surface area contributed by atoms with Crippen LogP contribution in [0.25, 0.3) is 11.5 Å². The van der Waals surface area contributed by atoms with Crippen molar-refractivity contribution in [3.8, 4) is 17.2 Å². The van der Waals surface area contributed by atoms with E-state index >= 15 is 0 Å². The van der Waals surface area contributed by atoms with Gasteiger partial charge in [0, 0.05) is 12.8 Å². The summed E-state index contributed by atoms with van der Waals surface area (Å²) in [6.07, 6.45) is 0.316. The van der Waals surface area contributed by atoms with Crippen LogP contribution in [0, 0.1) is 11.7 Å². The number of ether oxygens (including phenoxy) is 1. The quantitative estimate of drug-likeness (QED) is 0.881. The molecular formula is C14H15FN2O4. The molecule has 0 radical (unpaired) electrons. The maximum absolute atomic E-state index is 13.9. The van der Waals surface area contributed by atoms with E-state index in [-0.39, 0.29) is 29.7 Å². The molecule has 2 rings (SSSR count). The van der Waals surface area contributed by atoms with E-state index in [2.05, 4.69) is 10.2 Å². The molecule has 1 unspecified atom stereocenters. The molecular weight excluding hydrogens is 279 g/mol. The van der Waals surface area contributed by atoms with Gasteiger partial charge in [-0.15, -0.1) is 10.2 Å². The lowest BCUT2D eigenvalue weighted by Crippen LogP contribution is -2.07. The Balaban J connectivity index is 2.22. The molecule has 7 heteroatoms. The Labute approximate surface area is 120 Å². The standard InChI is InChI=1S/C14H15FN2O4/c1-8(7-12(18)19)6-11-16-17-14(21-11)13-9(15)4-3-5-10(13)20-2/h3-5,8H,6-7H2,1-2H3,(H,18,19). The summed E-state index contributed by atoms with van der Waals surface area (Å²) in [7, 11) is 1.42. The topological polar surface area (TPSA) is 85.5 Å². The first-order chi connectivity index (χ1) is 10.0. The van der Waals surface area contributed by atoms with Crippen LogP contribution in [-0.4, -0.2) is 28.4 Å². The van der Waals surface area contributed by atoms with Gasteiger partial charge in [-0.25, -0.2) is 4.39 Å². The normalized spacial score (nSPS) is 12.1. The van der Waals surface area contributed by atoms with Crippen molar-refractivity contribution in [2.24, 2.45) is 5.92 Å². The Bertz CT molecular complexity index is 642. The van der Waals surface area contributed by atoms with E-state index in [0.717, 1.165) is 0 Å². The largest absolute Gasteiger partial charge is 0.496 e. The molecule has 0 bridgehead atoms. The second-order valence-electron chi connectivity index (χ2n) is 4.73. The van der Waals surface area contributed by atoms with E-state index < -0.39 is 11.8 Å². The summed E-state index contributed by atoms with van der Waals surface area (Å²) in [5.74, 6) is -0.991.